The molecule has 1 aromatic rings. The van der Waals surface area contributed by atoms with Gasteiger partial charge in [0.1, 0.15) is 0 Å². The van der Waals surface area contributed by atoms with Gasteiger partial charge < -0.3 is 14.7 Å². The largest absolute Gasteiger partial charge is 0.366 e. The topological polar surface area (TPSA) is 50.6 Å². The van der Waals surface area contributed by atoms with E-state index in [1.54, 1.807) is 0 Å². The summed E-state index contributed by atoms with van der Waals surface area (Å²) in [4.78, 5) is 19.9. The van der Waals surface area contributed by atoms with Gasteiger partial charge in [-0.1, -0.05) is 26.0 Å². The predicted octanol–water partition coefficient (Wildman–Crippen LogP) is 4.52. The van der Waals surface area contributed by atoms with E-state index in [0.717, 1.165) is 49.6 Å². The minimum Gasteiger partial charge on any atom is -0.366 e. The number of fused-ring (bicyclic) bond motifs is 2. The third-order valence-corrected chi connectivity index (χ3v) is 7.15. The number of ketones is 1. The van der Waals surface area contributed by atoms with Crippen LogP contribution >= 0.6 is 0 Å². The van der Waals surface area contributed by atoms with Crippen molar-refractivity contribution in [3.05, 3.63) is 24.3 Å². The monoisotopic (exact) mass is 412 g/mol. The van der Waals surface area contributed by atoms with E-state index in [-0.39, 0.29) is 5.41 Å². The van der Waals surface area contributed by atoms with Crippen LogP contribution in [-0.2, 0) is 4.79 Å². The molecule has 5 nitrogen and oxygen atoms in total. The predicted molar refractivity (Wildman–Crippen MR) is 127 cm³/mol. The van der Waals surface area contributed by atoms with Crippen LogP contribution in [0.1, 0.15) is 46.0 Å². The number of anilines is 2. The van der Waals surface area contributed by atoms with Gasteiger partial charge in [0, 0.05) is 25.6 Å². The molecule has 2 bridgehead atoms. The van der Waals surface area contributed by atoms with Gasteiger partial charge in [0.05, 0.1) is 24.3 Å². The fraction of sp³-hybridized carbons (Fsp3) is 0.680. The average Bonchev–Trinajstić information content (AvgIpc) is 2.67. The second kappa shape index (κ2) is 9.51. The fourth-order valence-electron chi connectivity index (χ4n) is 6.11. The number of Topliss-reactive ketones (excluding diaryl/α,β-unsaturated/α-hetero) is 1. The van der Waals surface area contributed by atoms with E-state index in [9.17, 15) is 4.79 Å². The zero-order valence-corrected chi connectivity index (χ0v) is 19.5. The Morgan fingerprint density at radius 2 is 1.63 bits per heavy atom. The van der Waals surface area contributed by atoms with Crippen LogP contribution < -0.4 is 9.80 Å². The van der Waals surface area contributed by atoms with Gasteiger partial charge >= 0.3 is 0 Å². The van der Waals surface area contributed by atoms with Gasteiger partial charge in [-0.15, -0.1) is 0 Å². The molecule has 2 unspecified atom stereocenters. The van der Waals surface area contributed by atoms with Crippen LogP contribution in [0.3, 0.4) is 0 Å². The van der Waals surface area contributed by atoms with E-state index in [1.807, 2.05) is 38.2 Å². The summed E-state index contributed by atoms with van der Waals surface area (Å²) in [6, 6.07) is 8.15. The van der Waals surface area contributed by atoms with Crippen molar-refractivity contribution in [2.45, 2.75) is 46.0 Å². The number of benzene rings is 1. The number of carbonyl (C=O) groups is 1. The highest BCUT2D eigenvalue weighted by molar-refractivity contribution is 5.91. The molecule has 2 saturated carbocycles. The van der Waals surface area contributed by atoms with Crippen molar-refractivity contribution in [3.8, 4) is 0 Å². The Morgan fingerprint density at radius 1 is 1.03 bits per heavy atom. The second-order valence-electron chi connectivity index (χ2n) is 10.3. The van der Waals surface area contributed by atoms with Crippen LogP contribution in [0.5, 0.6) is 0 Å². The molecule has 0 aromatic heterocycles. The summed E-state index contributed by atoms with van der Waals surface area (Å²) in [6.45, 7) is 6.72. The molecule has 2 aliphatic carbocycles. The van der Waals surface area contributed by atoms with Gasteiger partial charge in [-0.2, -0.15) is 0 Å². The fourth-order valence-corrected chi connectivity index (χ4v) is 6.11. The smallest absolute Gasteiger partial charge is 0.158 e. The van der Waals surface area contributed by atoms with Gasteiger partial charge in [-0.25, -0.2) is 0 Å². The highest BCUT2D eigenvalue weighted by Gasteiger charge is 2.48. The Labute approximate surface area is 182 Å². The Bertz CT molecular complexity index is 727. The van der Waals surface area contributed by atoms with Crippen molar-refractivity contribution in [1.29, 1.82) is 5.41 Å². The first-order valence-corrected chi connectivity index (χ1v) is 11.5. The van der Waals surface area contributed by atoms with Crippen molar-refractivity contribution < 1.29 is 4.79 Å². The minimum absolute atomic E-state index is 0.130. The summed E-state index contributed by atoms with van der Waals surface area (Å²) in [5, 5.41) is 7.91. The summed E-state index contributed by atoms with van der Waals surface area (Å²) < 4.78 is 0. The number of likely N-dealkylation sites (N-methyl/N-ethyl adjacent to an activating group) is 2. The zero-order chi connectivity index (χ0) is 21.9. The highest BCUT2D eigenvalue weighted by Crippen LogP contribution is 2.53. The normalized spacial score (nSPS) is 28.3. The Morgan fingerprint density at radius 3 is 2.20 bits per heavy atom. The molecule has 0 amide bonds. The maximum absolute atomic E-state index is 13.7. The van der Waals surface area contributed by atoms with Crippen molar-refractivity contribution in [1.82, 2.24) is 4.90 Å². The molecular weight excluding hydrogens is 372 g/mol. The lowest BCUT2D eigenvalue weighted by Gasteiger charge is -2.49. The quantitative estimate of drug-likeness (QED) is 0.479. The standard InChI is InChI=1S/C25H40N4O/c1-19-12-21-13-20(2)15-25(14-19,16-21)24(30)17-28(5)22-8-6-7-9-23(22)29(18-26)11-10-27(3)4/h6-9,18-21,26H,10-17H2,1-5H3. The molecule has 5 heteroatoms. The highest BCUT2D eigenvalue weighted by atomic mass is 16.1. The molecule has 166 valence electrons. The molecule has 30 heavy (non-hydrogen) atoms. The number of hydrogen-bond donors (Lipinski definition) is 1. The SMILES string of the molecule is CC1CC2CC(C)CC(C(=O)CN(C)c3ccccc3N(C=N)CCN(C)C)(C1)C2. The molecule has 1 aromatic carbocycles. The molecule has 2 atom stereocenters. The molecule has 0 heterocycles. The van der Waals surface area contributed by atoms with Crippen molar-refractivity contribution >= 4 is 23.5 Å². The number of para-hydroxylation sites is 2. The number of carbonyl (C=O) groups excluding carboxylic acids is 1. The van der Waals surface area contributed by atoms with E-state index in [1.165, 1.54) is 19.2 Å². The van der Waals surface area contributed by atoms with Crippen LogP contribution in [0.15, 0.2) is 24.3 Å². The van der Waals surface area contributed by atoms with Crippen LogP contribution in [0.4, 0.5) is 11.4 Å². The van der Waals surface area contributed by atoms with Crippen LogP contribution in [0, 0.1) is 28.6 Å². The Balaban J connectivity index is 1.78. The van der Waals surface area contributed by atoms with Gasteiger partial charge in [-0.05, 0) is 76.1 Å². The van der Waals surface area contributed by atoms with E-state index in [4.69, 9.17) is 5.41 Å². The van der Waals surface area contributed by atoms with E-state index < -0.39 is 0 Å². The molecule has 1 N–H and O–H groups in total. The van der Waals surface area contributed by atoms with Gasteiger partial charge in [0.25, 0.3) is 0 Å². The average molecular weight is 413 g/mol. The minimum atomic E-state index is -0.130. The molecule has 0 radical (unpaired) electrons. The van der Waals surface area contributed by atoms with Gasteiger partial charge in [-0.3, -0.25) is 10.2 Å². The number of nitrogens with zero attached hydrogens (tertiary/aromatic N) is 3. The first-order chi connectivity index (χ1) is 14.2. The van der Waals surface area contributed by atoms with Crippen LogP contribution in [0.2, 0.25) is 0 Å². The van der Waals surface area contributed by atoms with Crippen molar-refractivity contribution in [2.24, 2.45) is 23.2 Å². The second-order valence-corrected chi connectivity index (χ2v) is 10.3. The molecule has 3 rings (SSSR count). The van der Waals surface area contributed by atoms with Crippen LogP contribution in [0.25, 0.3) is 0 Å². The maximum Gasteiger partial charge on any atom is 0.158 e. The first kappa shape index (κ1) is 22.8. The maximum atomic E-state index is 13.7. The number of rotatable bonds is 9. The molecule has 2 fully saturated rings. The van der Waals surface area contributed by atoms with Crippen LogP contribution in [-0.4, -0.2) is 57.8 Å². The zero-order valence-electron chi connectivity index (χ0n) is 19.5. The third kappa shape index (κ3) is 5.05. The molecule has 0 aliphatic heterocycles. The summed E-state index contributed by atoms with van der Waals surface area (Å²) in [6.07, 6.45) is 7.17. The Kier molecular flexibility index (Phi) is 7.22. The lowest BCUT2D eigenvalue weighted by atomic mass is 9.55. The van der Waals surface area contributed by atoms with Crippen molar-refractivity contribution in [2.75, 3.05) is 50.6 Å². The molecule has 0 saturated heterocycles. The number of nitrogens with one attached hydrogen (secondary N) is 1. The van der Waals surface area contributed by atoms with Gasteiger partial charge in [0.15, 0.2) is 5.78 Å². The lowest BCUT2D eigenvalue weighted by molar-refractivity contribution is -0.135. The summed E-state index contributed by atoms with van der Waals surface area (Å²) in [5.74, 6) is 2.44. The summed E-state index contributed by atoms with van der Waals surface area (Å²) in [5.41, 5.74) is 1.89. The summed E-state index contributed by atoms with van der Waals surface area (Å²) >= 11 is 0. The third-order valence-electron chi connectivity index (χ3n) is 7.15. The molecule has 2 aliphatic rings. The Hall–Kier alpha value is -1.88. The van der Waals surface area contributed by atoms with E-state index in [2.05, 4.69) is 35.8 Å². The molecule has 0 spiro atoms. The van der Waals surface area contributed by atoms with Gasteiger partial charge in [0.2, 0.25) is 0 Å². The number of hydrogen-bond acceptors (Lipinski definition) is 4. The lowest BCUT2D eigenvalue weighted by Crippen LogP contribution is -2.48. The molecular formula is C25H40N4O. The van der Waals surface area contributed by atoms with Crippen molar-refractivity contribution in [3.63, 3.8) is 0 Å². The van der Waals surface area contributed by atoms with E-state index >= 15 is 0 Å². The summed E-state index contributed by atoms with van der Waals surface area (Å²) in [7, 11) is 6.11. The first-order valence-electron chi connectivity index (χ1n) is 11.5. The van der Waals surface area contributed by atoms with E-state index in [0.29, 0.717) is 24.2 Å².